The van der Waals surface area contributed by atoms with Crippen molar-refractivity contribution in [2.75, 3.05) is 5.73 Å². The van der Waals surface area contributed by atoms with E-state index in [9.17, 15) is 0 Å². The van der Waals surface area contributed by atoms with E-state index in [0.717, 1.165) is 16.2 Å². The zero-order chi connectivity index (χ0) is 12.5. The number of nitrogens with two attached hydrogens (primary N) is 1. The summed E-state index contributed by atoms with van der Waals surface area (Å²) >= 11 is 7.17. The molecule has 0 amide bonds. The lowest BCUT2D eigenvalue weighted by Crippen LogP contribution is -1.95. The molecule has 0 aliphatic carbocycles. The van der Waals surface area contributed by atoms with Gasteiger partial charge in [0.05, 0.1) is 11.0 Å². The highest BCUT2D eigenvalue weighted by atomic mass is 35.5. The fourth-order valence-electron chi connectivity index (χ4n) is 1.51. The Bertz CT molecular complexity index is 678. The number of aromatic amines is 1. The standard InChI is InChI=1S/C11H8ClN5S/c12-9-8(13)10(15-5-14-9)18-11-16-6-3-1-2-4-7(6)17-11/h1-5H,13H2,(H,16,17). The highest BCUT2D eigenvalue weighted by Crippen LogP contribution is 2.31. The van der Waals surface area contributed by atoms with Crippen molar-refractivity contribution in [3.05, 3.63) is 35.7 Å². The minimum Gasteiger partial charge on any atom is -0.394 e. The molecule has 0 fully saturated rings. The predicted octanol–water partition coefficient (Wildman–Crippen LogP) is 2.74. The number of imidazole rings is 1. The van der Waals surface area contributed by atoms with Gasteiger partial charge in [0.15, 0.2) is 10.3 Å². The summed E-state index contributed by atoms with van der Waals surface area (Å²) in [6.45, 7) is 0. The van der Waals surface area contributed by atoms with Gasteiger partial charge in [-0.15, -0.1) is 0 Å². The van der Waals surface area contributed by atoms with Gasteiger partial charge in [-0.05, 0) is 23.9 Å². The zero-order valence-corrected chi connectivity index (χ0v) is 10.7. The molecule has 0 unspecified atom stereocenters. The molecular weight excluding hydrogens is 270 g/mol. The molecule has 0 bridgehead atoms. The van der Waals surface area contributed by atoms with E-state index in [-0.39, 0.29) is 5.15 Å². The number of aromatic nitrogens is 4. The number of H-pyrrole nitrogens is 1. The summed E-state index contributed by atoms with van der Waals surface area (Å²) in [5.41, 5.74) is 8.04. The van der Waals surface area contributed by atoms with Gasteiger partial charge in [-0.1, -0.05) is 23.7 Å². The molecule has 3 aromatic rings. The quantitative estimate of drug-likeness (QED) is 0.704. The predicted molar refractivity (Wildman–Crippen MR) is 71.7 cm³/mol. The number of benzene rings is 1. The van der Waals surface area contributed by atoms with Gasteiger partial charge < -0.3 is 10.7 Å². The van der Waals surface area contributed by atoms with Crippen LogP contribution in [0.25, 0.3) is 11.0 Å². The molecule has 18 heavy (non-hydrogen) atoms. The van der Waals surface area contributed by atoms with Gasteiger partial charge in [0, 0.05) is 0 Å². The number of nitrogens with zero attached hydrogens (tertiary/aromatic N) is 3. The van der Waals surface area contributed by atoms with Crippen molar-refractivity contribution < 1.29 is 0 Å². The number of nitrogens with one attached hydrogen (secondary N) is 1. The first kappa shape index (κ1) is 11.3. The normalized spacial score (nSPS) is 10.9. The summed E-state index contributed by atoms with van der Waals surface area (Å²) in [5, 5.41) is 1.57. The molecular formula is C11H8ClN5S. The highest BCUT2D eigenvalue weighted by molar-refractivity contribution is 7.99. The van der Waals surface area contributed by atoms with Gasteiger partial charge in [0.2, 0.25) is 0 Å². The first-order valence-corrected chi connectivity index (χ1v) is 6.32. The van der Waals surface area contributed by atoms with Crippen LogP contribution in [0.1, 0.15) is 0 Å². The van der Waals surface area contributed by atoms with Crippen molar-refractivity contribution in [3.63, 3.8) is 0 Å². The fraction of sp³-hybridized carbons (Fsp3) is 0. The third kappa shape index (κ3) is 2.00. The van der Waals surface area contributed by atoms with E-state index >= 15 is 0 Å². The number of fused-ring (bicyclic) bond motifs is 1. The molecule has 0 aliphatic heterocycles. The number of halogens is 1. The molecule has 0 aliphatic rings. The maximum Gasteiger partial charge on any atom is 0.172 e. The Hall–Kier alpha value is -1.79. The van der Waals surface area contributed by atoms with Crippen molar-refractivity contribution >= 4 is 40.1 Å². The van der Waals surface area contributed by atoms with Crippen molar-refractivity contribution in [2.45, 2.75) is 10.2 Å². The molecule has 0 spiro atoms. The van der Waals surface area contributed by atoms with Gasteiger partial charge in [-0.25, -0.2) is 15.0 Å². The molecule has 0 atom stereocenters. The Balaban J connectivity index is 1.99. The van der Waals surface area contributed by atoms with Gasteiger partial charge >= 0.3 is 0 Å². The smallest absolute Gasteiger partial charge is 0.172 e. The van der Waals surface area contributed by atoms with E-state index in [1.54, 1.807) is 0 Å². The van der Waals surface area contributed by atoms with Crippen LogP contribution >= 0.6 is 23.4 Å². The lowest BCUT2D eigenvalue weighted by atomic mass is 10.3. The van der Waals surface area contributed by atoms with Gasteiger partial charge in [-0.2, -0.15) is 0 Å². The molecule has 7 heteroatoms. The van der Waals surface area contributed by atoms with Crippen LogP contribution in [0.3, 0.4) is 0 Å². The van der Waals surface area contributed by atoms with E-state index in [1.807, 2.05) is 24.3 Å². The van der Waals surface area contributed by atoms with Crippen molar-refractivity contribution in [2.24, 2.45) is 0 Å². The van der Waals surface area contributed by atoms with Crippen molar-refractivity contribution in [1.29, 1.82) is 0 Å². The Morgan fingerprint density at radius 3 is 2.89 bits per heavy atom. The number of para-hydroxylation sites is 2. The minimum absolute atomic E-state index is 0.253. The topological polar surface area (TPSA) is 80.5 Å². The second-order valence-corrected chi connectivity index (χ2v) is 4.88. The Morgan fingerprint density at radius 1 is 1.22 bits per heavy atom. The van der Waals surface area contributed by atoms with Crippen LogP contribution in [0.15, 0.2) is 40.8 Å². The second kappa shape index (κ2) is 4.47. The van der Waals surface area contributed by atoms with Crippen LogP contribution in [0.5, 0.6) is 0 Å². The summed E-state index contributed by atoms with van der Waals surface area (Å²) in [5.74, 6) is 0. The molecule has 0 saturated heterocycles. The van der Waals surface area contributed by atoms with Crippen molar-refractivity contribution in [1.82, 2.24) is 19.9 Å². The molecule has 5 nitrogen and oxygen atoms in total. The third-order valence-corrected chi connectivity index (χ3v) is 3.57. The molecule has 1 aromatic carbocycles. The van der Waals surface area contributed by atoms with Gasteiger partial charge in [-0.3, -0.25) is 0 Å². The lowest BCUT2D eigenvalue weighted by molar-refractivity contribution is 1.03. The first-order valence-electron chi connectivity index (χ1n) is 5.12. The van der Waals surface area contributed by atoms with Crippen molar-refractivity contribution in [3.8, 4) is 0 Å². The number of hydrogen-bond donors (Lipinski definition) is 2. The zero-order valence-electron chi connectivity index (χ0n) is 9.09. The highest BCUT2D eigenvalue weighted by Gasteiger charge is 2.10. The second-order valence-electron chi connectivity index (χ2n) is 3.54. The Labute approximate surface area is 112 Å². The van der Waals surface area contributed by atoms with Crippen LogP contribution in [-0.4, -0.2) is 19.9 Å². The van der Waals surface area contributed by atoms with Crippen LogP contribution in [-0.2, 0) is 0 Å². The molecule has 2 heterocycles. The minimum atomic E-state index is 0.253. The molecule has 0 radical (unpaired) electrons. The maximum absolute atomic E-state index is 5.84. The monoisotopic (exact) mass is 277 g/mol. The number of hydrogen-bond acceptors (Lipinski definition) is 5. The summed E-state index contributed by atoms with van der Waals surface area (Å²) in [6.07, 6.45) is 1.38. The van der Waals surface area contributed by atoms with E-state index < -0.39 is 0 Å². The van der Waals surface area contributed by atoms with Gasteiger partial charge in [0.1, 0.15) is 17.0 Å². The maximum atomic E-state index is 5.84. The van der Waals surface area contributed by atoms with Crippen LogP contribution in [0.4, 0.5) is 5.69 Å². The summed E-state index contributed by atoms with van der Waals surface area (Å²) in [4.78, 5) is 15.5. The fourth-order valence-corrected chi connectivity index (χ4v) is 2.49. The average molecular weight is 278 g/mol. The Kier molecular flexibility index (Phi) is 2.81. The van der Waals surface area contributed by atoms with Gasteiger partial charge in [0.25, 0.3) is 0 Å². The number of rotatable bonds is 2. The van der Waals surface area contributed by atoms with E-state index in [4.69, 9.17) is 17.3 Å². The first-order chi connectivity index (χ1) is 8.74. The largest absolute Gasteiger partial charge is 0.394 e. The van der Waals surface area contributed by atoms with E-state index in [1.165, 1.54) is 18.1 Å². The van der Waals surface area contributed by atoms with Crippen LogP contribution < -0.4 is 5.73 Å². The molecule has 0 saturated carbocycles. The summed E-state index contributed by atoms with van der Waals surface area (Å²) < 4.78 is 0. The Morgan fingerprint density at radius 2 is 2.06 bits per heavy atom. The third-order valence-electron chi connectivity index (χ3n) is 2.36. The molecule has 3 N–H and O–H groups in total. The molecule has 3 rings (SSSR count). The lowest BCUT2D eigenvalue weighted by Gasteiger charge is -2.01. The van der Waals surface area contributed by atoms with E-state index in [2.05, 4.69) is 19.9 Å². The van der Waals surface area contributed by atoms with E-state index in [0.29, 0.717) is 10.7 Å². The average Bonchev–Trinajstić information content (AvgIpc) is 2.77. The number of nitrogen functional groups attached to an aromatic ring is 1. The number of anilines is 1. The van der Waals surface area contributed by atoms with Crippen LogP contribution in [0.2, 0.25) is 5.15 Å². The molecule has 2 aromatic heterocycles. The summed E-state index contributed by atoms with van der Waals surface area (Å²) in [7, 11) is 0. The summed E-state index contributed by atoms with van der Waals surface area (Å²) in [6, 6.07) is 7.79. The van der Waals surface area contributed by atoms with Crippen LogP contribution in [0, 0.1) is 0 Å². The molecule has 90 valence electrons. The SMILES string of the molecule is Nc1c(Cl)ncnc1Sc1nc2ccccc2[nH]1.